The van der Waals surface area contributed by atoms with Gasteiger partial charge in [0.1, 0.15) is 10.8 Å². The van der Waals surface area contributed by atoms with Gasteiger partial charge in [-0.1, -0.05) is 11.3 Å². The summed E-state index contributed by atoms with van der Waals surface area (Å²) in [5.74, 6) is 0.750. The van der Waals surface area contributed by atoms with Gasteiger partial charge in [-0.05, 0) is 35.2 Å². The molecule has 9 heteroatoms. The molecule has 0 radical (unpaired) electrons. The topological polar surface area (TPSA) is 81.2 Å². The van der Waals surface area contributed by atoms with E-state index in [1.165, 1.54) is 17.4 Å². The van der Waals surface area contributed by atoms with Crippen LogP contribution in [0, 0.1) is 0 Å². The van der Waals surface area contributed by atoms with Crippen LogP contribution in [-0.2, 0) is 16.4 Å². The lowest BCUT2D eigenvalue weighted by Gasteiger charge is -2.06. The Morgan fingerprint density at radius 3 is 2.96 bits per heavy atom. The van der Waals surface area contributed by atoms with Crippen molar-refractivity contribution in [2.24, 2.45) is 0 Å². The summed E-state index contributed by atoms with van der Waals surface area (Å²) in [5.41, 5.74) is 1.84. The largest absolute Gasteiger partial charge is 0.493 e. The molecule has 1 aliphatic heterocycles. The smallest absolute Gasteiger partial charge is 0.263 e. The monoisotopic (exact) mass is 365 g/mol. The van der Waals surface area contributed by atoms with Gasteiger partial charge in [0.2, 0.25) is 5.13 Å². The molecule has 1 aromatic carbocycles. The van der Waals surface area contributed by atoms with Gasteiger partial charge in [-0.3, -0.25) is 4.72 Å². The van der Waals surface area contributed by atoms with Crippen molar-refractivity contribution in [3.63, 3.8) is 0 Å². The van der Waals surface area contributed by atoms with Crippen LogP contribution in [-0.4, -0.2) is 25.2 Å². The standard InChI is InChI=1S/C14H11N3O3S3/c18-23(19,11-1-2-12-9(7-11)3-5-20-12)17-14-16-15-13(22-14)10-4-6-21-8-10/h1-2,4,6-8H,3,5H2,(H,16,17). The van der Waals surface area contributed by atoms with Crippen LogP contribution in [0.25, 0.3) is 10.6 Å². The Kier molecular flexibility index (Phi) is 3.55. The number of anilines is 1. The van der Waals surface area contributed by atoms with Crippen molar-refractivity contribution in [3.05, 3.63) is 40.6 Å². The van der Waals surface area contributed by atoms with E-state index in [2.05, 4.69) is 14.9 Å². The van der Waals surface area contributed by atoms with Crippen molar-refractivity contribution in [3.8, 4) is 16.3 Å². The molecular formula is C14H11N3O3S3. The van der Waals surface area contributed by atoms with E-state index in [0.29, 0.717) is 11.6 Å². The number of fused-ring (bicyclic) bond motifs is 1. The molecule has 23 heavy (non-hydrogen) atoms. The Morgan fingerprint density at radius 1 is 1.22 bits per heavy atom. The molecule has 2 aromatic heterocycles. The molecule has 3 heterocycles. The quantitative estimate of drug-likeness (QED) is 0.769. The summed E-state index contributed by atoms with van der Waals surface area (Å²) in [7, 11) is -3.69. The number of rotatable bonds is 4. The molecule has 0 fully saturated rings. The zero-order chi connectivity index (χ0) is 15.9. The molecule has 1 N–H and O–H groups in total. The van der Waals surface area contributed by atoms with E-state index in [-0.39, 0.29) is 10.0 Å². The average Bonchev–Trinajstić information content (AvgIpc) is 3.27. The average molecular weight is 365 g/mol. The Bertz CT molecular complexity index is 949. The number of ether oxygens (including phenoxy) is 1. The molecule has 0 spiro atoms. The van der Waals surface area contributed by atoms with E-state index in [9.17, 15) is 8.42 Å². The van der Waals surface area contributed by atoms with Crippen LogP contribution >= 0.6 is 22.7 Å². The number of sulfonamides is 1. The Hall–Kier alpha value is -1.97. The van der Waals surface area contributed by atoms with Gasteiger partial charge in [-0.2, -0.15) is 11.3 Å². The maximum Gasteiger partial charge on any atom is 0.263 e. The second kappa shape index (κ2) is 5.59. The molecule has 4 rings (SSSR count). The van der Waals surface area contributed by atoms with E-state index in [1.807, 2.05) is 16.8 Å². The molecule has 0 saturated carbocycles. The molecule has 0 bridgehead atoms. The fraction of sp³-hybridized carbons (Fsp3) is 0.143. The van der Waals surface area contributed by atoms with Crippen molar-refractivity contribution in [2.75, 3.05) is 11.3 Å². The van der Waals surface area contributed by atoms with Crippen LogP contribution in [0.2, 0.25) is 0 Å². The summed E-state index contributed by atoms with van der Waals surface area (Å²) < 4.78 is 32.9. The maximum atomic E-state index is 12.5. The van der Waals surface area contributed by atoms with Gasteiger partial charge in [0.05, 0.1) is 11.5 Å². The van der Waals surface area contributed by atoms with Gasteiger partial charge in [0, 0.05) is 17.4 Å². The number of nitrogens with one attached hydrogen (secondary N) is 1. The maximum absolute atomic E-state index is 12.5. The first-order valence-electron chi connectivity index (χ1n) is 6.76. The first-order valence-corrected chi connectivity index (χ1v) is 10.0. The van der Waals surface area contributed by atoms with E-state index in [1.54, 1.807) is 23.5 Å². The predicted octanol–water partition coefficient (Wildman–Crippen LogP) is 3.00. The molecule has 0 unspecified atom stereocenters. The van der Waals surface area contributed by atoms with Crippen LogP contribution < -0.4 is 9.46 Å². The highest BCUT2D eigenvalue weighted by Gasteiger charge is 2.21. The minimum absolute atomic E-state index is 0.203. The fourth-order valence-electron chi connectivity index (χ4n) is 2.27. The highest BCUT2D eigenvalue weighted by atomic mass is 32.2. The molecule has 0 amide bonds. The summed E-state index contributed by atoms with van der Waals surface area (Å²) in [6, 6.07) is 6.79. The van der Waals surface area contributed by atoms with Gasteiger partial charge in [-0.25, -0.2) is 8.42 Å². The van der Waals surface area contributed by atoms with Gasteiger partial charge in [0.15, 0.2) is 0 Å². The van der Waals surface area contributed by atoms with Crippen LogP contribution in [0.5, 0.6) is 5.75 Å². The Balaban J connectivity index is 1.60. The number of hydrogen-bond acceptors (Lipinski definition) is 7. The van der Waals surface area contributed by atoms with E-state index >= 15 is 0 Å². The van der Waals surface area contributed by atoms with Gasteiger partial charge >= 0.3 is 0 Å². The zero-order valence-electron chi connectivity index (χ0n) is 11.7. The zero-order valence-corrected chi connectivity index (χ0v) is 14.2. The van der Waals surface area contributed by atoms with E-state index < -0.39 is 10.0 Å². The van der Waals surface area contributed by atoms with Crippen LogP contribution in [0.15, 0.2) is 39.9 Å². The molecule has 0 saturated heterocycles. The third-order valence-corrected chi connectivity index (χ3v) is 6.42. The van der Waals surface area contributed by atoms with Gasteiger partial charge < -0.3 is 4.74 Å². The Labute approximate surface area is 140 Å². The number of aromatic nitrogens is 2. The van der Waals surface area contributed by atoms with Crippen LogP contribution in [0.1, 0.15) is 5.56 Å². The minimum atomic E-state index is -3.69. The van der Waals surface area contributed by atoms with Crippen molar-refractivity contribution in [1.82, 2.24) is 10.2 Å². The van der Waals surface area contributed by atoms with Crippen LogP contribution in [0.4, 0.5) is 5.13 Å². The lowest BCUT2D eigenvalue weighted by molar-refractivity contribution is 0.356. The Morgan fingerprint density at radius 2 is 2.13 bits per heavy atom. The third kappa shape index (κ3) is 2.82. The first-order chi connectivity index (χ1) is 11.1. The first kappa shape index (κ1) is 14.6. The molecule has 3 aromatic rings. The van der Waals surface area contributed by atoms with E-state index in [4.69, 9.17) is 4.74 Å². The number of hydrogen-bond donors (Lipinski definition) is 1. The number of nitrogens with zero attached hydrogens (tertiary/aromatic N) is 2. The van der Waals surface area contributed by atoms with Crippen molar-refractivity contribution >= 4 is 37.8 Å². The van der Waals surface area contributed by atoms with Gasteiger partial charge in [-0.15, -0.1) is 10.2 Å². The second-order valence-electron chi connectivity index (χ2n) is 4.90. The normalized spacial score (nSPS) is 13.6. The number of thiophene rings is 1. The summed E-state index contributed by atoms with van der Waals surface area (Å²) in [6.07, 6.45) is 0.722. The van der Waals surface area contributed by atoms with Gasteiger partial charge in [0.25, 0.3) is 10.0 Å². The summed E-state index contributed by atoms with van der Waals surface area (Å²) in [4.78, 5) is 0.203. The molecule has 1 aliphatic rings. The van der Waals surface area contributed by atoms with Crippen molar-refractivity contribution in [2.45, 2.75) is 11.3 Å². The minimum Gasteiger partial charge on any atom is -0.493 e. The SMILES string of the molecule is O=S(=O)(Nc1nnc(-c2ccsc2)s1)c1ccc2c(c1)CCO2. The third-order valence-electron chi connectivity index (χ3n) is 3.39. The second-order valence-corrected chi connectivity index (χ2v) is 8.34. The molecule has 118 valence electrons. The van der Waals surface area contributed by atoms with Crippen molar-refractivity contribution in [1.29, 1.82) is 0 Å². The highest BCUT2D eigenvalue weighted by molar-refractivity contribution is 7.93. The summed E-state index contributed by atoms with van der Waals surface area (Å²) in [6.45, 7) is 0.590. The lowest BCUT2D eigenvalue weighted by atomic mass is 10.2. The fourth-order valence-corrected chi connectivity index (χ4v) is 5.01. The lowest BCUT2D eigenvalue weighted by Crippen LogP contribution is -2.13. The summed E-state index contributed by atoms with van der Waals surface area (Å²) >= 11 is 2.76. The highest BCUT2D eigenvalue weighted by Crippen LogP contribution is 2.31. The molecule has 6 nitrogen and oxygen atoms in total. The van der Waals surface area contributed by atoms with E-state index in [0.717, 1.165) is 23.3 Å². The summed E-state index contributed by atoms with van der Waals surface area (Å²) in [5, 5.41) is 12.8. The molecule has 0 atom stereocenters. The van der Waals surface area contributed by atoms with Crippen molar-refractivity contribution < 1.29 is 13.2 Å². The van der Waals surface area contributed by atoms with Crippen LogP contribution in [0.3, 0.4) is 0 Å². The molecular weight excluding hydrogens is 354 g/mol. The molecule has 0 aliphatic carbocycles. The predicted molar refractivity (Wildman–Crippen MR) is 89.7 cm³/mol. The number of benzene rings is 1.